The lowest BCUT2D eigenvalue weighted by Gasteiger charge is -2.16. The molecule has 0 amide bonds. The molecular weight excluding hydrogens is 198 g/mol. The van der Waals surface area contributed by atoms with E-state index in [1.165, 1.54) is 11.1 Å². The number of nitrogens with one attached hydrogen (secondary N) is 1. The largest absolute Gasteiger partial charge is 0.388 e. The molecule has 0 saturated heterocycles. The van der Waals surface area contributed by atoms with Crippen LogP contribution >= 0.6 is 0 Å². The maximum absolute atomic E-state index is 7.15. The molecule has 0 heterocycles. The highest BCUT2D eigenvalue weighted by Crippen LogP contribution is 2.07. The molecule has 0 bridgehead atoms. The summed E-state index contributed by atoms with van der Waals surface area (Å²) >= 11 is 0. The third kappa shape index (κ3) is 4.94. The van der Waals surface area contributed by atoms with Crippen LogP contribution in [0.5, 0.6) is 0 Å². The molecule has 3 N–H and O–H groups in total. The van der Waals surface area contributed by atoms with Gasteiger partial charge in [-0.3, -0.25) is 5.41 Å². The molecule has 88 valence electrons. The number of rotatable bonds is 6. The van der Waals surface area contributed by atoms with Gasteiger partial charge >= 0.3 is 0 Å². The molecule has 0 saturated carbocycles. The summed E-state index contributed by atoms with van der Waals surface area (Å²) in [5.41, 5.74) is 7.95. The number of aryl methyl sites for hydroxylation is 1. The van der Waals surface area contributed by atoms with Gasteiger partial charge < -0.3 is 10.6 Å². The van der Waals surface area contributed by atoms with Gasteiger partial charge in [-0.25, -0.2) is 0 Å². The number of benzene rings is 1. The van der Waals surface area contributed by atoms with Crippen molar-refractivity contribution in [1.29, 1.82) is 5.41 Å². The fourth-order valence-corrected chi connectivity index (χ4v) is 1.74. The topological polar surface area (TPSA) is 53.1 Å². The average Bonchev–Trinajstić information content (AvgIpc) is 2.16. The molecule has 1 aromatic rings. The zero-order chi connectivity index (χ0) is 12.0. The molecule has 0 radical (unpaired) electrons. The molecule has 3 heteroatoms. The summed E-state index contributed by atoms with van der Waals surface area (Å²) in [5, 5.41) is 7.15. The van der Waals surface area contributed by atoms with E-state index in [0.717, 1.165) is 19.5 Å². The molecule has 0 aliphatic heterocycles. The van der Waals surface area contributed by atoms with Gasteiger partial charge in [-0.05, 0) is 32.5 Å². The Kier molecular flexibility index (Phi) is 4.99. The Bertz CT molecular complexity index is 347. The van der Waals surface area contributed by atoms with Crippen LogP contribution in [0.25, 0.3) is 0 Å². The van der Waals surface area contributed by atoms with E-state index in [2.05, 4.69) is 43.1 Å². The number of nitrogens with two attached hydrogens (primary N) is 1. The number of amidine groups is 1. The summed E-state index contributed by atoms with van der Waals surface area (Å²) in [4.78, 5) is 2.26. The fraction of sp³-hybridized carbons (Fsp3) is 0.462. The second kappa shape index (κ2) is 6.28. The van der Waals surface area contributed by atoms with E-state index in [-0.39, 0.29) is 5.84 Å². The molecule has 0 atom stereocenters. The monoisotopic (exact) mass is 219 g/mol. The van der Waals surface area contributed by atoms with Crippen molar-refractivity contribution in [3.05, 3.63) is 35.4 Å². The van der Waals surface area contributed by atoms with Crippen molar-refractivity contribution in [3.8, 4) is 0 Å². The van der Waals surface area contributed by atoms with Crippen molar-refractivity contribution in [2.45, 2.75) is 26.3 Å². The number of hydrogen-bond acceptors (Lipinski definition) is 2. The molecule has 1 rings (SSSR count). The molecule has 0 aliphatic carbocycles. The molecule has 16 heavy (non-hydrogen) atoms. The summed E-state index contributed by atoms with van der Waals surface area (Å²) < 4.78 is 0. The summed E-state index contributed by atoms with van der Waals surface area (Å²) in [7, 11) is 2.10. The highest BCUT2D eigenvalue weighted by molar-refractivity contribution is 5.76. The van der Waals surface area contributed by atoms with Gasteiger partial charge in [0.05, 0.1) is 5.84 Å². The minimum absolute atomic E-state index is 0.281. The second-order valence-corrected chi connectivity index (χ2v) is 4.36. The minimum Gasteiger partial charge on any atom is -0.388 e. The first-order valence-corrected chi connectivity index (χ1v) is 5.65. The van der Waals surface area contributed by atoms with E-state index < -0.39 is 0 Å². The van der Waals surface area contributed by atoms with Crippen molar-refractivity contribution in [2.24, 2.45) is 5.73 Å². The summed E-state index contributed by atoms with van der Waals surface area (Å²) in [5.74, 6) is 0.281. The fourth-order valence-electron chi connectivity index (χ4n) is 1.74. The smallest absolute Gasteiger partial charge is 0.0905 e. The van der Waals surface area contributed by atoms with Gasteiger partial charge in [0.1, 0.15) is 0 Å². The van der Waals surface area contributed by atoms with Gasteiger partial charge in [0.25, 0.3) is 0 Å². The van der Waals surface area contributed by atoms with E-state index in [9.17, 15) is 0 Å². The SMILES string of the molecule is Cc1cccc(CN(C)CCCC(=N)N)c1. The van der Waals surface area contributed by atoms with E-state index in [0.29, 0.717) is 6.42 Å². The first-order chi connectivity index (χ1) is 7.58. The van der Waals surface area contributed by atoms with E-state index in [4.69, 9.17) is 11.1 Å². The van der Waals surface area contributed by atoms with Crippen LogP contribution in [0.4, 0.5) is 0 Å². The molecule has 0 unspecified atom stereocenters. The zero-order valence-corrected chi connectivity index (χ0v) is 10.2. The van der Waals surface area contributed by atoms with E-state index >= 15 is 0 Å². The lowest BCUT2D eigenvalue weighted by atomic mass is 10.1. The van der Waals surface area contributed by atoms with Gasteiger partial charge in [0.2, 0.25) is 0 Å². The zero-order valence-electron chi connectivity index (χ0n) is 10.2. The minimum atomic E-state index is 0.281. The Balaban J connectivity index is 2.33. The average molecular weight is 219 g/mol. The third-order valence-electron chi connectivity index (χ3n) is 2.52. The number of hydrogen-bond donors (Lipinski definition) is 2. The maximum Gasteiger partial charge on any atom is 0.0905 e. The van der Waals surface area contributed by atoms with Crippen LogP contribution in [-0.2, 0) is 6.54 Å². The third-order valence-corrected chi connectivity index (χ3v) is 2.52. The summed E-state index contributed by atoms with van der Waals surface area (Å²) in [6.45, 7) is 4.05. The molecule has 3 nitrogen and oxygen atoms in total. The lowest BCUT2D eigenvalue weighted by molar-refractivity contribution is 0.324. The van der Waals surface area contributed by atoms with Crippen LogP contribution in [-0.4, -0.2) is 24.3 Å². The molecule has 1 aromatic carbocycles. The van der Waals surface area contributed by atoms with Crippen LogP contribution < -0.4 is 5.73 Å². The van der Waals surface area contributed by atoms with Crippen LogP contribution in [0.1, 0.15) is 24.0 Å². The second-order valence-electron chi connectivity index (χ2n) is 4.36. The van der Waals surface area contributed by atoms with Crippen molar-refractivity contribution in [2.75, 3.05) is 13.6 Å². The Morgan fingerprint density at radius 3 is 2.81 bits per heavy atom. The van der Waals surface area contributed by atoms with Gasteiger partial charge in [0, 0.05) is 13.0 Å². The highest BCUT2D eigenvalue weighted by atomic mass is 15.1. The first-order valence-electron chi connectivity index (χ1n) is 5.65. The molecule has 0 fully saturated rings. The molecule has 0 aliphatic rings. The van der Waals surface area contributed by atoms with Crippen LogP contribution in [0.15, 0.2) is 24.3 Å². The normalized spacial score (nSPS) is 10.7. The molecule has 0 aromatic heterocycles. The van der Waals surface area contributed by atoms with Gasteiger partial charge in [-0.1, -0.05) is 29.8 Å². The van der Waals surface area contributed by atoms with Crippen molar-refractivity contribution in [3.63, 3.8) is 0 Å². The van der Waals surface area contributed by atoms with Crippen LogP contribution in [0.2, 0.25) is 0 Å². The summed E-state index contributed by atoms with van der Waals surface area (Å²) in [6.07, 6.45) is 1.65. The lowest BCUT2D eigenvalue weighted by Crippen LogP contribution is -2.21. The number of nitrogens with zero attached hydrogens (tertiary/aromatic N) is 1. The van der Waals surface area contributed by atoms with E-state index in [1.807, 2.05) is 0 Å². The van der Waals surface area contributed by atoms with Crippen molar-refractivity contribution in [1.82, 2.24) is 4.90 Å². The van der Waals surface area contributed by atoms with Crippen molar-refractivity contribution >= 4 is 5.84 Å². The van der Waals surface area contributed by atoms with Gasteiger partial charge in [-0.2, -0.15) is 0 Å². The Morgan fingerprint density at radius 1 is 1.44 bits per heavy atom. The Morgan fingerprint density at radius 2 is 2.19 bits per heavy atom. The van der Waals surface area contributed by atoms with Gasteiger partial charge in [0.15, 0.2) is 0 Å². The van der Waals surface area contributed by atoms with Crippen molar-refractivity contribution < 1.29 is 0 Å². The summed E-state index contributed by atoms with van der Waals surface area (Å²) in [6, 6.07) is 8.56. The predicted octanol–water partition coefficient (Wildman–Crippen LogP) is 2.14. The Hall–Kier alpha value is -1.35. The Labute approximate surface area is 97.8 Å². The van der Waals surface area contributed by atoms with E-state index in [1.54, 1.807) is 0 Å². The molecule has 0 spiro atoms. The first kappa shape index (κ1) is 12.7. The molecular formula is C13H21N3. The predicted molar refractivity (Wildman–Crippen MR) is 68.7 cm³/mol. The maximum atomic E-state index is 7.15. The highest BCUT2D eigenvalue weighted by Gasteiger charge is 2.00. The van der Waals surface area contributed by atoms with Gasteiger partial charge in [-0.15, -0.1) is 0 Å². The quantitative estimate of drug-likeness (QED) is 0.569. The van der Waals surface area contributed by atoms with Crippen LogP contribution in [0, 0.1) is 12.3 Å². The standard InChI is InChI=1S/C13H21N3/c1-11-5-3-6-12(9-11)10-16(2)8-4-7-13(14)15/h3,5-6,9H,4,7-8,10H2,1-2H3,(H3,14,15). The van der Waals surface area contributed by atoms with Crippen LogP contribution in [0.3, 0.4) is 0 Å².